The number of pyridine rings is 3. The first kappa shape index (κ1) is 27.3. The zero-order chi connectivity index (χ0) is 28.8. The molecule has 0 aliphatic carbocycles. The van der Waals surface area contributed by atoms with Crippen LogP contribution in [0.1, 0.15) is 41.5 Å². The Morgan fingerprint density at radius 3 is 2.54 bits per heavy atom. The Hall–Kier alpha value is -3.93. The van der Waals surface area contributed by atoms with Crippen LogP contribution in [0.3, 0.4) is 0 Å². The smallest absolute Gasteiger partial charge is 0.435 e. The number of methoxy groups -OCH3 is 1. The van der Waals surface area contributed by atoms with E-state index in [0.717, 1.165) is 5.56 Å². The van der Waals surface area contributed by atoms with Gasteiger partial charge >= 0.3 is 6.18 Å². The van der Waals surface area contributed by atoms with Crippen molar-refractivity contribution in [1.82, 2.24) is 25.2 Å². The monoisotopic (exact) mass is 568 g/mol. The molecular formula is C29H31F3N6O3. The second-order valence-corrected chi connectivity index (χ2v) is 10.6. The zero-order valence-corrected chi connectivity index (χ0v) is 22.9. The minimum absolute atomic E-state index is 0.0359. The fourth-order valence-corrected chi connectivity index (χ4v) is 6.06. The van der Waals surface area contributed by atoms with Crippen molar-refractivity contribution in [1.29, 1.82) is 0 Å². The summed E-state index contributed by atoms with van der Waals surface area (Å²) in [5, 5.41) is 3.24. The van der Waals surface area contributed by atoms with Gasteiger partial charge in [-0.3, -0.25) is 4.79 Å². The van der Waals surface area contributed by atoms with Crippen LogP contribution in [0.15, 0.2) is 42.6 Å². The third kappa shape index (κ3) is 4.83. The topological polar surface area (TPSA) is 92.7 Å². The van der Waals surface area contributed by atoms with Crippen LogP contribution in [0.5, 0.6) is 11.8 Å². The van der Waals surface area contributed by atoms with E-state index < -0.39 is 17.3 Å². The number of alkyl halides is 3. The SMILES string of the molecule is CCOc1ncccc1-c1ccc2c(n1)C(=O)N(C1CNC1)CC21CCN(c2ccc(OC)nc2C(F)(F)F)CC1. The van der Waals surface area contributed by atoms with E-state index in [-0.39, 0.29) is 23.5 Å². The summed E-state index contributed by atoms with van der Waals surface area (Å²) in [6, 6.07) is 10.4. The summed E-state index contributed by atoms with van der Waals surface area (Å²) >= 11 is 0. The number of nitrogens with zero attached hydrogens (tertiary/aromatic N) is 5. The molecule has 3 aromatic heterocycles. The highest BCUT2D eigenvalue weighted by Crippen LogP contribution is 2.45. The lowest BCUT2D eigenvalue weighted by atomic mass is 9.69. The van der Waals surface area contributed by atoms with Crippen LogP contribution in [0, 0.1) is 0 Å². The highest BCUT2D eigenvalue weighted by molar-refractivity contribution is 5.96. The summed E-state index contributed by atoms with van der Waals surface area (Å²) in [7, 11) is 1.30. The van der Waals surface area contributed by atoms with Gasteiger partial charge in [-0.2, -0.15) is 13.2 Å². The average Bonchev–Trinajstić information content (AvgIpc) is 2.95. The fourth-order valence-electron chi connectivity index (χ4n) is 6.06. The summed E-state index contributed by atoms with van der Waals surface area (Å²) in [6.45, 7) is 4.97. The Balaban J connectivity index is 1.36. The molecule has 2 saturated heterocycles. The van der Waals surface area contributed by atoms with Gasteiger partial charge in [0.2, 0.25) is 11.8 Å². The second kappa shape index (κ2) is 10.5. The number of carbonyl (C=O) groups is 1. The minimum Gasteiger partial charge on any atom is -0.481 e. The number of piperidine rings is 1. The van der Waals surface area contributed by atoms with Gasteiger partial charge in [0.15, 0.2) is 5.69 Å². The molecule has 0 atom stereocenters. The van der Waals surface area contributed by atoms with Crippen molar-refractivity contribution < 1.29 is 27.4 Å². The number of amides is 1. The second-order valence-electron chi connectivity index (χ2n) is 10.6. The summed E-state index contributed by atoms with van der Waals surface area (Å²) in [5.41, 5.74) is 1.17. The molecule has 0 saturated carbocycles. The molecule has 0 radical (unpaired) electrons. The van der Waals surface area contributed by atoms with Crippen LogP contribution in [-0.2, 0) is 11.6 Å². The molecule has 0 bridgehead atoms. The van der Waals surface area contributed by atoms with Crippen molar-refractivity contribution in [3.8, 4) is 23.0 Å². The molecule has 6 rings (SSSR count). The van der Waals surface area contributed by atoms with E-state index in [9.17, 15) is 18.0 Å². The predicted octanol–water partition coefficient (Wildman–Crippen LogP) is 3.93. The van der Waals surface area contributed by atoms with E-state index in [1.54, 1.807) is 17.2 Å². The number of rotatable bonds is 6. The molecule has 1 amide bonds. The molecule has 41 heavy (non-hydrogen) atoms. The van der Waals surface area contributed by atoms with Gasteiger partial charge in [0.25, 0.3) is 5.91 Å². The van der Waals surface area contributed by atoms with Gasteiger partial charge in [-0.05, 0) is 49.6 Å². The summed E-state index contributed by atoms with van der Waals surface area (Å²) in [5.74, 6) is 0.242. The van der Waals surface area contributed by atoms with Crippen molar-refractivity contribution in [2.75, 3.05) is 51.3 Å². The van der Waals surface area contributed by atoms with Crippen LogP contribution >= 0.6 is 0 Å². The first-order valence-electron chi connectivity index (χ1n) is 13.7. The zero-order valence-electron chi connectivity index (χ0n) is 22.9. The molecule has 3 aliphatic rings. The van der Waals surface area contributed by atoms with E-state index in [4.69, 9.17) is 14.5 Å². The quantitative estimate of drug-likeness (QED) is 0.479. The summed E-state index contributed by atoms with van der Waals surface area (Å²) in [4.78, 5) is 30.4. The number of aromatic nitrogens is 3. The molecule has 6 heterocycles. The van der Waals surface area contributed by atoms with E-state index in [0.29, 0.717) is 75.0 Å². The van der Waals surface area contributed by atoms with Crippen molar-refractivity contribution in [2.45, 2.75) is 37.4 Å². The molecule has 0 unspecified atom stereocenters. The number of hydrogen-bond donors (Lipinski definition) is 1. The van der Waals surface area contributed by atoms with Gasteiger partial charge in [0, 0.05) is 50.4 Å². The molecule has 3 aromatic rings. The summed E-state index contributed by atoms with van der Waals surface area (Å²) in [6.07, 6.45) is -1.85. The Bertz CT molecular complexity index is 1450. The summed E-state index contributed by atoms with van der Waals surface area (Å²) < 4.78 is 52.5. The first-order valence-corrected chi connectivity index (χ1v) is 13.7. The van der Waals surface area contributed by atoms with Crippen LogP contribution in [0.2, 0.25) is 0 Å². The predicted molar refractivity (Wildman–Crippen MR) is 145 cm³/mol. The maximum atomic E-state index is 13.9. The number of carbonyl (C=O) groups excluding carboxylic acids is 1. The average molecular weight is 569 g/mol. The highest BCUT2D eigenvalue weighted by atomic mass is 19.4. The molecule has 0 aromatic carbocycles. The number of fused-ring (bicyclic) bond motifs is 2. The largest absolute Gasteiger partial charge is 0.481 e. The lowest BCUT2D eigenvalue weighted by molar-refractivity contribution is -0.140. The van der Waals surface area contributed by atoms with Crippen LogP contribution in [0.4, 0.5) is 18.9 Å². The molecule has 12 heteroatoms. The molecule has 9 nitrogen and oxygen atoms in total. The Kier molecular flexibility index (Phi) is 6.96. The molecule has 3 aliphatic heterocycles. The van der Waals surface area contributed by atoms with E-state index >= 15 is 0 Å². The van der Waals surface area contributed by atoms with Gasteiger partial charge in [-0.1, -0.05) is 6.07 Å². The van der Waals surface area contributed by atoms with E-state index in [1.807, 2.05) is 30.0 Å². The Morgan fingerprint density at radius 2 is 1.88 bits per heavy atom. The maximum Gasteiger partial charge on any atom is 0.435 e. The number of hydrogen-bond acceptors (Lipinski definition) is 8. The maximum absolute atomic E-state index is 13.9. The van der Waals surface area contributed by atoms with E-state index in [1.165, 1.54) is 19.2 Å². The standard InChI is InChI=1S/C29H31F3N6O3/c1-3-41-26-19(5-4-12-34-26)21-7-6-20-24(35-21)27(39)38(18-15-33-16-18)17-28(20)10-13-37(14-11-28)22-8-9-23(40-2)36-25(22)29(30,31)32/h4-9,12,18,33H,3,10-11,13-17H2,1-2H3. The third-order valence-corrected chi connectivity index (χ3v) is 8.32. The highest BCUT2D eigenvalue weighted by Gasteiger charge is 2.49. The van der Waals surface area contributed by atoms with Crippen molar-refractivity contribution in [2.24, 2.45) is 0 Å². The lowest BCUT2D eigenvalue weighted by Gasteiger charge is -2.51. The van der Waals surface area contributed by atoms with Crippen LogP contribution in [-0.4, -0.2) is 78.2 Å². The van der Waals surface area contributed by atoms with E-state index in [2.05, 4.69) is 15.3 Å². The van der Waals surface area contributed by atoms with Gasteiger partial charge in [0.05, 0.1) is 36.7 Å². The molecule has 216 valence electrons. The van der Waals surface area contributed by atoms with Gasteiger partial charge in [0.1, 0.15) is 5.69 Å². The first-order chi connectivity index (χ1) is 19.7. The van der Waals surface area contributed by atoms with Gasteiger partial charge < -0.3 is 24.6 Å². The van der Waals surface area contributed by atoms with Crippen molar-refractivity contribution in [3.63, 3.8) is 0 Å². The number of halogens is 3. The lowest BCUT2D eigenvalue weighted by Crippen LogP contribution is -2.64. The van der Waals surface area contributed by atoms with Crippen LogP contribution < -0.4 is 19.7 Å². The number of anilines is 1. The number of ether oxygens (including phenoxy) is 2. The molecule has 2 fully saturated rings. The number of nitrogens with one attached hydrogen (secondary N) is 1. The minimum atomic E-state index is -4.62. The molecular weight excluding hydrogens is 537 g/mol. The van der Waals surface area contributed by atoms with Crippen LogP contribution in [0.25, 0.3) is 11.3 Å². The van der Waals surface area contributed by atoms with Crippen molar-refractivity contribution >= 4 is 11.6 Å². The molecule has 1 N–H and O–H groups in total. The molecule has 1 spiro atoms. The van der Waals surface area contributed by atoms with Crippen molar-refractivity contribution in [3.05, 3.63) is 59.5 Å². The van der Waals surface area contributed by atoms with Gasteiger partial charge in [-0.15, -0.1) is 0 Å². The Labute approximate surface area is 235 Å². The fraction of sp³-hybridized carbons (Fsp3) is 0.448. The Morgan fingerprint density at radius 1 is 1.10 bits per heavy atom. The van der Waals surface area contributed by atoms with Gasteiger partial charge in [-0.25, -0.2) is 15.0 Å². The third-order valence-electron chi connectivity index (χ3n) is 8.32. The normalized spacial score (nSPS) is 18.7.